The number of sulfonamides is 1. The molecule has 0 saturated heterocycles. The molecule has 6 heteroatoms. The van der Waals surface area contributed by atoms with Crippen molar-refractivity contribution in [3.63, 3.8) is 0 Å². The highest BCUT2D eigenvalue weighted by Crippen LogP contribution is 2.24. The minimum Gasteiger partial charge on any atom is -0.349 e. The third-order valence-electron chi connectivity index (χ3n) is 4.88. The van der Waals surface area contributed by atoms with Gasteiger partial charge in [-0.15, -0.1) is 0 Å². The number of benzene rings is 2. The first-order chi connectivity index (χ1) is 12.5. The molecule has 2 atom stereocenters. The van der Waals surface area contributed by atoms with Gasteiger partial charge < -0.3 is 5.32 Å². The Balaban J connectivity index is 1.65. The van der Waals surface area contributed by atoms with E-state index in [-0.39, 0.29) is 16.8 Å². The molecule has 2 aromatic rings. The van der Waals surface area contributed by atoms with E-state index in [4.69, 9.17) is 0 Å². The molecule has 1 fully saturated rings. The van der Waals surface area contributed by atoms with Crippen LogP contribution in [-0.2, 0) is 10.0 Å². The molecule has 26 heavy (non-hydrogen) atoms. The van der Waals surface area contributed by atoms with Crippen LogP contribution < -0.4 is 10.0 Å². The van der Waals surface area contributed by atoms with E-state index in [0.29, 0.717) is 17.2 Å². The van der Waals surface area contributed by atoms with Gasteiger partial charge in [0.1, 0.15) is 0 Å². The summed E-state index contributed by atoms with van der Waals surface area (Å²) in [6.45, 7) is 2.17. The fraction of sp³-hybridized carbons (Fsp3) is 0.350. The molecule has 1 amide bonds. The fourth-order valence-electron chi connectivity index (χ4n) is 3.29. The Morgan fingerprint density at radius 1 is 0.962 bits per heavy atom. The van der Waals surface area contributed by atoms with Crippen LogP contribution in [-0.4, -0.2) is 20.4 Å². The van der Waals surface area contributed by atoms with Gasteiger partial charge in [0, 0.05) is 17.3 Å². The summed E-state index contributed by atoms with van der Waals surface area (Å²) in [5.74, 6) is 0.380. The minimum atomic E-state index is -3.63. The highest BCUT2D eigenvalue weighted by atomic mass is 32.2. The molecule has 1 saturated carbocycles. The fourth-order valence-corrected chi connectivity index (χ4v) is 4.37. The van der Waals surface area contributed by atoms with Crippen molar-refractivity contribution in [3.8, 4) is 0 Å². The number of anilines is 1. The molecule has 0 bridgehead atoms. The summed E-state index contributed by atoms with van der Waals surface area (Å²) in [5, 5.41) is 3.10. The smallest absolute Gasteiger partial charge is 0.261 e. The molecule has 0 heterocycles. The predicted molar refractivity (Wildman–Crippen MR) is 103 cm³/mol. The molecule has 3 rings (SSSR count). The SMILES string of the molecule is C[C@H]1CCCC[C@H]1NC(=O)c1ccc(NS(=O)(=O)c2ccccc2)cc1. The molecule has 0 spiro atoms. The van der Waals surface area contributed by atoms with E-state index in [2.05, 4.69) is 17.0 Å². The van der Waals surface area contributed by atoms with Crippen LogP contribution in [0.2, 0.25) is 0 Å². The van der Waals surface area contributed by atoms with E-state index in [1.54, 1.807) is 42.5 Å². The molecule has 138 valence electrons. The number of carbonyl (C=O) groups excluding carboxylic acids is 1. The maximum Gasteiger partial charge on any atom is 0.261 e. The zero-order valence-electron chi connectivity index (χ0n) is 14.8. The first-order valence-electron chi connectivity index (χ1n) is 8.94. The van der Waals surface area contributed by atoms with Crippen LogP contribution >= 0.6 is 0 Å². The van der Waals surface area contributed by atoms with E-state index < -0.39 is 10.0 Å². The highest BCUT2D eigenvalue weighted by Gasteiger charge is 2.23. The number of hydrogen-bond acceptors (Lipinski definition) is 3. The Labute approximate surface area is 154 Å². The Bertz CT molecular complexity index is 848. The Hall–Kier alpha value is -2.34. The molecule has 0 radical (unpaired) electrons. The average molecular weight is 372 g/mol. The minimum absolute atomic E-state index is 0.110. The standard InChI is InChI=1S/C20H24N2O3S/c1-15-7-5-6-10-19(15)21-20(23)16-11-13-17(14-12-16)22-26(24,25)18-8-3-2-4-9-18/h2-4,8-9,11-15,19,22H,5-7,10H2,1H3,(H,21,23)/t15-,19+/m0/s1. The Kier molecular flexibility index (Phi) is 5.61. The molecule has 5 nitrogen and oxygen atoms in total. The van der Waals surface area contributed by atoms with Crippen LogP contribution in [0.15, 0.2) is 59.5 Å². The summed E-state index contributed by atoms with van der Waals surface area (Å²) in [5.41, 5.74) is 0.960. The third-order valence-corrected chi connectivity index (χ3v) is 6.28. The van der Waals surface area contributed by atoms with Crippen molar-refractivity contribution in [3.05, 3.63) is 60.2 Å². The lowest BCUT2D eigenvalue weighted by atomic mass is 9.86. The van der Waals surface area contributed by atoms with Gasteiger partial charge >= 0.3 is 0 Å². The van der Waals surface area contributed by atoms with Gasteiger partial charge in [-0.05, 0) is 55.2 Å². The van der Waals surface area contributed by atoms with Crippen molar-refractivity contribution < 1.29 is 13.2 Å². The van der Waals surface area contributed by atoms with Gasteiger partial charge in [-0.1, -0.05) is 38.0 Å². The van der Waals surface area contributed by atoms with Crippen LogP contribution in [0.3, 0.4) is 0 Å². The maximum absolute atomic E-state index is 12.4. The van der Waals surface area contributed by atoms with E-state index in [0.717, 1.165) is 19.3 Å². The highest BCUT2D eigenvalue weighted by molar-refractivity contribution is 7.92. The second-order valence-corrected chi connectivity index (χ2v) is 8.52. The van der Waals surface area contributed by atoms with E-state index in [1.165, 1.54) is 18.6 Å². The summed E-state index contributed by atoms with van der Waals surface area (Å²) in [7, 11) is -3.63. The van der Waals surface area contributed by atoms with Crippen molar-refractivity contribution in [2.24, 2.45) is 5.92 Å². The topological polar surface area (TPSA) is 75.3 Å². The van der Waals surface area contributed by atoms with E-state index >= 15 is 0 Å². The van der Waals surface area contributed by atoms with Crippen molar-refractivity contribution in [2.45, 2.75) is 43.5 Å². The molecular formula is C20H24N2O3S. The van der Waals surface area contributed by atoms with Crippen LogP contribution in [0, 0.1) is 5.92 Å². The summed E-state index contributed by atoms with van der Waals surface area (Å²) < 4.78 is 27.2. The van der Waals surface area contributed by atoms with Gasteiger partial charge in [0.2, 0.25) is 0 Å². The lowest BCUT2D eigenvalue weighted by Gasteiger charge is -2.29. The van der Waals surface area contributed by atoms with Gasteiger partial charge in [-0.25, -0.2) is 8.42 Å². The summed E-state index contributed by atoms with van der Waals surface area (Å²) in [6.07, 6.45) is 4.53. The van der Waals surface area contributed by atoms with E-state index in [1.807, 2.05) is 0 Å². The van der Waals surface area contributed by atoms with Gasteiger partial charge in [0.05, 0.1) is 4.90 Å². The van der Waals surface area contributed by atoms with Crippen molar-refractivity contribution >= 4 is 21.6 Å². The predicted octanol–water partition coefficient (Wildman–Crippen LogP) is 3.80. The zero-order chi connectivity index (χ0) is 18.6. The second-order valence-electron chi connectivity index (χ2n) is 6.84. The molecule has 2 N–H and O–H groups in total. The molecule has 2 aromatic carbocycles. The van der Waals surface area contributed by atoms with Crippen LogP contribution in [0.1, 0.15) is 43.0 Å². The number of nitrogens with one attached hydrogen (secondary N) is 2. The third kappa shape index (κ3) is 4.43. The van der Waals surface area contributed by atoms with Crippen molar-refractivity contribution in [2.75, 3.05) is 4.72 Å². The monoisotopic (exact) mass is 372 g/mol. The molecule has 1 aliphatic carbocycles. The lowest BCUT2D eigenvalue weighted by molar-refractivity contribution is 0.0910. The molecule has 0 unspecified atom stereocenters. The number of rotatable bonds is 5. The van der Waals surface area contributed by atoms with Crippen molar-refractivity contribution in [1.82, 2.24) is 5.32 Å². The largest absolute Gasteiger partial charge is 0.349 e. The number of amides is 1. The molecule has 0 aliphatic heterocycles. The molecule has 1 aliphatic rings. The van der Waals surface area contributed by atoms with Crippen LogP contribution in [0.4, 0.5) is 5.69 Å². The van der Waals surface area contributed by atoms with Crippen LogP contribution in [0.5, 0.6) is 0 Å². The normalized spacial score (nSPS) is 20.3. The summed E-state index contributed by atoms with van der Waals surface area (Å²) in [6, 6.07) is 14.9. The quantitative estimate of drug-likeness (QED) is 0.838. The molecule has 0 aromatic heterocycles. The first-order valence-corrected chi connectivity index (χ1v) is 10.4. The van der Waals surface area contributed by atoms with Crippen LogP contribution in [0.25, 0.3) is 0 Å². The number of carbonyl (C=O) groups is 1. The van der Waals surface area contributed by atoms with Gasteiger partial charge in [0.15, 0.2) is 0 Å². The molecular weight excluding hydrogens is 348 g/mol. The van der Waals surface area contributed by atoms with Gasteiger partial charge in [0.25, 0.3) is 15.9 Å². The lowest BCUT2D eigenvalue weighted by Crippen LogP contribution is -2.41. The average Bonchev–Trinajstić information content (AvgIpc) is 2.64. The first kappa shape index (κ1) is 18.5. The van der Waals surface area contributed by atoms with Gasteiger partial charge in [-0.3, -0.25) is 9.52 Å². The van der Waals surface area contributed by atoms with Crippen molar-refractivity contribution in [1.29, 1.82) is 0 Å². The maximum atomic E-state index is 12.4. The van der Waals surface area contributed by atoms with Gasteiger partial charge in [-0.2, -0.15) is 0 Å². The summed E-state index contributed by atoms with van der Waals surface area (Å²) in [4.78, 5) is 12.6. The summed E-state index contributed by atoms with van der Waals surface area (Å²) >= 11 is 0. The van der Waals surface area contributed by atoms with E-state index in [9.17, 15) is 13.2 Å². The Morgan fingerprint density at radius 2 is 1.62 bits per heavy atom. The zero-order valence-corrected chi connectivity index (χ0v) is 15.6. The Morgan fingerprint density at radius 3 is 2.27 bits per heavy atom. The number of hydrogen-bond donors (Lipinski definition) is 2. The second kappa shape index (κ2) is 7.91.